The molecule has 2 rings (SSSR count). The molecule has 1 aliphatic rings. The SMILES string of the molecule is CC(C)NCCNCCc1ccc2c(c1)CCCC2. The Morgan fingerprint density at radius 3 is 2.58 bits per heavy atom. The third-order valence-electron chi connectivity index (χ3n) is 3.86. The Morgan fingerprint density at radius 2 is 1.79 bits per heavy atom. The Balaban J connectivity index is 1.68. The van der Waals surface area contributed by atoms with Crippen molar-refractivity contribution in [1.29, 1.82) is 0 Å². The van der Waals surface area contributed by atoms with E-state index in [4.69, 9.17) is 0 Å². The summed E-state index contributed by atoms with van der Waals surface area (Å²) in [7, 11) is 0. The number of rotatable bonds is 7. The minimum Gasteiger partial charge on any atom is -0.315 e. The van der Waals surface area contributed by atoms with Gasteiger partial charge in [0.25, 0.3) is 0 Å². The van der Waals surface area contributed by atoms with Crippen LogP contribution in [0.4, 0.5) is 0 Å². The van der Waals surface area contributed by atoms with Crippen LogP contribution in [0.5, 0.6) is 0 Å². The summed E-state index contributed by atoms with van der Waals surface area (Å²) >= 11 is 0. The molecule has 0 spiro atoms. The number of hydrogen-bond acceptors (Lipinski definition) is 2. The first-order valence-electron chi connectivity index (χ1n) is 7.80. The van der Waals surface area contributed by atoms with Gasteiger partial charge in [0.1, 0.15) is 0 Å². The van der Waals surface area contributed by atoms with Gasteiger partial charge in [0.05, 0.1) is 0 Å². The van der Waals surface area contributed by atoms with Crippen molar-refractivity contribution < 1.29 is 0 Å². The van der Waals surface area contributed by atoms with Gasteiger partial charge in [-0.05, 0) is 55.3 Å². The fraction of sp³-hybridized carbons (Fsp3) is 0.647. The number of benzene rings is 1. The monoisotopic (exact) mass is 260 g/mol. The molecule has 0 atom stereocenters. The van der Waals surface area contributed by atoms with Crippen molar-refractivity contribution in [3.63, 3.8) is 0 Å². The topological polar surface area (TPSA) is 24.1 Å². The molecule has 0 heterocycles. The summed E-state index contributed by atoms with van der Waals surface area (Å²) in [4.78, 5) is 0. The van der Waals surface area contributed by atoms with Gasteiger partial charge in [-0.25, -0.2) is 0 Å². The molecule has 2 N–H and O–H groups in total. The summed E-state index contributed by atoms with van der Waals surface area (Å²) in [5.74, 6) is 0. The summed E-state index contributed by atoms with van der Waals surface area (Å²) in [6.07, 6.45) is 6.46. The first-order valence-corrected chi connectivity index (χ1v) is 7.80. The fourth-order valence-electron chi connectivity index (χ4n) is 2.75. The molecule has 0 bridgehead atoms. The standard InChI is InChI=1S/C17H28N2/c1-14(2)19-12-11-18-10-9-15-7-8-16-5-3-4-6-17(16)13-15/h7-8,13-14,18-19H,3-6,9-12H2,1-2H3. The van der Waals surface area contributed by atoms with Crippen molar-refractivity contribution in [3.8, 4) is 0 Å². The molecule has 0 unspecified atom stereocenters. The highest BCUT2D eigenvalue weighted by molar-refractivity contribution is 5.33. The van der Waals surface area contributed by atoms with E-state index in [1.165, 1.54) is 31.2 Å². The zero-order valence-electron chi connectivity index (χ0n) is 12.5. The average Bonchev–Trinajstić information content (AvgIpc) is 2.42. The van der Waals surface area contributed by atoms with Crippen LogP contribution in [0.15, 0.2) is 18.2 Å². The van der Waals surface area contributed by atoms with Crippen molar-refractivity contribution in [2.24, 2.45) is 0 Å². The smallest absolute Gasteiger partial charge is 0.00790 e. The van der Waals surface area contributed by atoms with E-state index in [9.17, 15) is 0 Å². The maximum absolute atomic E-state index is 3.51. The lowest BCUT2D eigenvalue weighted by atomic mass is 9.90. The second-order valence-electron chi connectivity index (χ2n) is 5.92. The van der Waals surface area contributed by atoms with Crippen LogP contribution in [0.2, 0.25) is 0 Å². The molecule has 0 aliphatic heterocycles. The molecule has 106 valence electrons. The first kappa shape index (κ1) is 14.5. The summed E-state index contributed by atoms with van der Waals surface area (Å²) in [6, 6.07) is 7.69. The third-order valence-corrected chi connectivity index (χ3v) is 3.86. The minimum atomic E-state index is 0.586. The summed E-state index contributed by atoms with van der Waals surface area (Å²) in [5.41, 5.74) is 4.68. The molecule has 0 radical (unpaired) electrons. The molecule has 2 heteroatoms. The molecule has 0 amide bonds. The highest BCUT2D eigenvalue weighted by atomic mass is 14.9. The Kier molecular flexibility index (Phi) is 5.87. The average molecular weight is 260 g/mol. The Morgan fingerprint density at radius 1 is 1.00 bits per heavy atom. The maximum Gasteiger partial charge on any atom is 0.00790 e. The fourth-order valence-corrected chi connectivity index (χ4v) is 2.75. The Bertz CT molecular complexity index is 385. The lowest BCUT2D eigenvalue weighted by Gasteiger charge is -2.16. The van der Waals surface area contributed by atoms with Gasteiger partial charge in [-0.2, -0.15) is 0 Å². The van der Waals surface area contributed by atoms with Gasteiger partial charge in [-0.3, -0.25) is 0 Å². The van der Waals surface area contributed by atoms with Crippen LogP contribution in [0.3, 0.4) is 0 Å². The lowest BCUT2D eigenvalue weighted by molar-refractivity contribution is 0.556. The molecule has 0 saturated heterocycles. The van der Waals surface area contributed by atoms with Gasteiger partial charge in [0.15, 0.2) is 0 Å². The number of aryl methyl sites for hydroxylation is 2. The van der Waals surface area contributed by atoms with Crippen molar-refractivity contribution >= 4 is 0 Å². The van der Waals surface area contributed by atoms with E-state index < -0.39 is 0 Å². The van der Waals surface area contributed by atoms with Crippen LogP contribution < -0.4 is 10.6 Å². The van der Waals surface area contributed by atoms with E-state index in [-0.39, 0.29) is 0 Å². The maximum atomic E-state index is 3.51. The van der Waals surface area contributed by atoms with E-state index in [1.807, 2.05) is 0 Å². The predicted octanol–water partition coefficient (Wildman–Crippen LogP) is 2.70. The van der Waals surface area contributed by atoms with Gasteiger partial charge in [-0.15, -0.1) is 0 Å². The molecule has 0 aromatic heterocycles. The zero-order chi connectivity index (χ0) is 13.5. The van der Waals surface area contributed by atoms with Crippen LogP contribution >= 0.6 is 0 Å². The highest BCUT2D eigenvalue weighted by Gasteiger charge is 2.08. The molecule has 1 aromatic rings. The number of fused-ring (bicyclic) bond motifs is 1. The van der Waals surface area contributed by atoms with Gasteiger partial charge < -0.3 is 10.6 Å². The number of nitrogens with one attached hydrogen (secondary N) is 2. The van der Waals surface area contributed by atoms with E-state index in [2.05, 4.69) is 42.7 Å². The molecular weight excluding hydrogens is 232 g/mol. The van der Waals surface area contributed by atoms with E-state index in [0.29, 0.717) is 6.04 Å². The first-order chi connectivity index (χ1) is 9.25. The van der Waals surface area contributed by atoms with Gasteiger partial charge >= 0.3 is 0 Å². The van der Waals surface area contributed by atoms with Crippen molar-refractivity contribution in [2.45, 2.75) is 52.0 Å². The molecule has 0 saturated carbocycles. The van der Waals surface area contributed by atoms with Gasteiger partial charge in [0.2, 0.25) is 0 Å². The molecular formula is C17H28N2. The Hall–Kier alpha value is -0.860. The minimum absolute atomic E-state index is 0.586. The molecule has 1 aliphatic carbocycles. The summed E-state index contributed by atoms with van der Waals surface area (Å²) in [5, 5.41) is 6.93. The molecule has 2 nitrogen and oxygen atoms in total. The summed E-state index contributed by atoms with van der Waals surface area (Å²) in [6.45, 7) is 7.57. The van der Waals surface area contributed by atoms with Crippen molar-refractivity contribution in [1.82, 2.24) is 10.6 Å². The normalized spacial score (nSPS) is 14.7. The van der Waals surface area contributed by atoms with E-state index in [1.54, 1.807) is 11.1 Å². The Labute approximate surface area is 118 Å². The predicted molar refractivity (Wildman–Crippen MR) is 82.8 cm³/mol. The van der Waals surface area contributed by atoms with Crippen LogP contribution in [-0.2, 0) is 19.3 Å². The number of hydrogen-bond donors (Lipinski definition) is 2. The largest absolute Gasteiger partial charge is 0.315 e. The highest BCUT2D eigenvalue weighted by Crippen LogP contribution is 2.22. The molecule has 19 heavy (non-hydrogen) atoms. The van der Waals surface area contributed by atoms with Crippen LogP contribution in [0.25, 0.3) is 0 Å². The lowest BCUT2D eigenvalue weighted by Crippen LogP contribution is -2.32. The van der Waals surface area contributed by atoms with Crippen LogP contribution in [0.1, 0.15) is 43.4 Å². The van der Waals surface area contributed by atoms with Gasteiger partial charge in [-0.1, -0.05) is 32.0 Å². The second kappa shape index (κ2) is 7.66. The van der Waals surface area contributed by atoms with Crippen LogP contribution in [0, 0.1) is 0 Å². The van der Waals surface area contributed by atoms with Crippen molar-refractivity contribution in [2.75, 3.05) is 19.6 Å². The summed E-state index contributed by atoms with van der Waals surface area (Å²) < 4.78 is 0. The molecule has 1 aromatic carbocycles. The third kappa shape index (κ3) is 4.96. The van der Waals surface area contributed by atoms with Crippen LogP contribution in [-0.4, -0.2) is 25.7 Å². The van der Waals surface area contributed by atoms with E-state index >= 15 is 0 Å². The van der Waals surface area contributed by atoms with Crippen molar-refractivity contribution in [3.05, 3.63) is 34.9 Å². The zero-order valence-corrected chi connectivity index (χ0v) is 12.5. The second-order valence-corrected chi connectivity index (χ2v) is 5.92. The quantitative estimate of drug-likeness (QED) is 0.737. The van der Waals surface area contributed by atoms with E-state index in [0.717, 1.165) is 26.1 Å². The van der Waals surface area contributed by atoms with Gasteiger partial charge in [0, 0.05) is 19.1 Å². The molecule has 0 fully saturated rings.